The van der Waals surface area contributed by atoms with Gasteiger partial charge in [0.2, 0.25) is 11.8 Å². The van der Waals surface area contributed by atoms with Gasteiger partial charge < -0.3 is 14.8 Å². The summed E-state index contributed by atoms with van der Waals surface area (Å²) >= 11 is 0. The summed E-state index contributed by atoms with van der Waals surface area (Å²) in [4.78, 5) is 27.1. The molecule has 34 heavy (non-hydrogen) atoms. The number of nitrogens with one attached hydrogen (secondary N) is 1. The van der Waals surface area contributed by atoms with Crippen LogP contribution in [0.5, 0.6) is 0 Å². The zero-order valence-corrected chi connectivity index (χ0v) is 19.0. The van der Waals surface area contributed by atoms with E-state index in [0.717, 1.165) is 50.0 Å². The molecule has 0 radical (unpaired) electrons. The number of anilines is 1. The van der Waals surface area contributed by atoms with E-state index in [-0.39, 0.29) is 23.9 Å². The van der Waals surface area contributed by atoms with Crippen LogP contribution >= 0.6 is 0 Å². The van der Waals surface area contributed by atoms with E-state index < -0.39 is 11.7 Å². The molecule has 3 heterocycles. The molecular formula is C26H28FN5O2. The van der Waals surface area contributed by atoms with Gasteiger partial charge in [-0.1, -0.05) is 36.8 Å². The Bertz CT molecular complexity index is 1190. The third-order valence-electron chi connectivity index (χ3n) is 6.69. The van der Waals surface area contributed by atoms with Crippen LogP contribution < -0.4 is 5.32 Å². The number of hydrogen-bond donors (Lipinski definition) is 1. The maximum atomic E-state index is 14.6. The Balaban J connectivity index is 1.26. The van der Waals surface area contributed by atoms with Crippen LogP contribution in [0.25, 0.3) is 11.4 Å². The summed E-state index contributed by atoms with van der Waals surface area (Å²) in [5, 5.41) is 11.4. The third kappa shape index (κ3) is 4.71. The van der Waals surface area contributed by atoms with Crippen molar-refractivity contribution >= 4 is 17.5 Å². The first-order chi connectivity index (χ1) is 16.6. The second-order valence-corrected chi connectivity index (χ2v) is 9.06. The molecule has 176 valence electrons. The molecule has 1 fully saturated rings. The highest BCUT2D eigenvalue weighted by Crippen LogP contribution is 2.28. The molecule has 0 spiro atoms. The van der Waals surface area contributed by atoms with Gasteiger partial charge in [-0.2, -0.15) is 0 Å². The van der Waals surface area contributed by atoms with Crippen LogP contribution in [-0.4, -0.2) is 44.6 Å². The van der Waals surface area contributed by atoms with Crippen molar-refractivity contribution in [2.75, 3.05) is 18.4 Å². The second-order valence-electron chi connectivity index (χ2n) is 9.06. The van der Waals surface area contributed by atoms with Gasteiger partial charge in [-0.05, 0) is 43.0 Å². The maximum absolute atomic E-state index is 14.6. The fourth-order valence-electron chi connectivity index (χ4n) is 4.77. The highest BCUT2D eigenvalue weighted by molar-refractivity contribution is 5.97. The Kier molecular flexibility index (Phi) is 6.38. The van der Waals surface area contributed by atoms with Crippen LogP contribution in [0.3, 0.4) is 0 Å². The normalized spacial score (nSPS) is 18.0. The fourth-order valence-corrected chi connectivity index (χ4v) is 4.77. The van der Waals surface area contributed by atoms with Crippen LogP contribution in [0.15, 0.2) is 48.5 Å². The van der Waals surface area contributed by atoms with E-state index in [1.54, 1.807) is 17.0 Å². The lowest BCUT2D eigenvalue weighted by atomic mass is 10.1. The van der Waals surface area contributed by atoms with Gasteiger partial charge in [-0.15, -0.1) is 10.2 Å². The minimum absolute atomic E-state index is 0.0449. The molecule has 1 saturated heterocycles. The lowest BCUT2D eigenvalue weighted by Crippen LogP contribution is -2.30. The van der Waals surface area contributed by atoms with Gasteiger partial charge in [0, 0.05) is 38.0 Å². The van der Waals surface area contributed by atoms with Crippen molar-refractivity contribution in [3.63, 3.8) is 0 Å². The topological polar surface area (TPSA) is 80.1 Å². The Labute approximate surface area is 198 Å². The van der Waals surface area contributed by atoms with Crippen molar-refractivity contribution in [3.05, 3.63) is 65.7 Å². The first-order valence-electron chi connectivity index (χ1n) is 11.9. The van der Waals surface area contributed by atoms with Gasteiger partial charge in [-0.25, -0.2) is 4.39 Å². The molecule has 1 aromatic heterocycles. The molecule has 2 aliphatic rings. The minimum Gasteiger partial charge on any atom is -0.342 e. The average molecular weight is 462 g/mol. The van der Waals surface area contributed by atoms with Crippen LogP contribution in [0, 0.1) is 11.7 Å². The number of nitrogens with zero attached hydrogens (tertiary/aromatic N) is 4. The summed E-state index contributed by atoms with van der Waals surface area (Å²) in [5.41, 5.74) is 1.96. The van der Waals surface area contributed by atoms with Gasteiger partial charge in [0.05, 0.1) is 11.6 Å². The molecule has 2 aliphatic heterocycles. The first kappa shape index (κ1) is 22.3. The van der Waals surface area contributed by atoms with Gasteiger partial charge in [0.15, 0.2) is 5.82 Å². The van der Waals surface area contributed by atoms with E-state index in [2.05, 4.69) is 20.1 Å². The Morgan fingerprint density at radius 2 is 1.94 bits per heavy atom. The largest absolute Gasteiger partial charge is 0.342 e. The van der Waals surface area contributed by atoms with Crippen LogP contribution in [0.4, 0.5) is 10.1 Å². The molecule has 1 unspecified atom stereocenters. The number of hydrogen-bond acceptors (Lipinski definition) is 4. The SMILES string of the molecule is O=C(Nc1cc(-c2nnc3n2CCCCC3)ccc1F)C1CC(=O)N(CCc2ccccc2)C1. The van der Waals surface area contributed by atoms with E-state index in [1.807, 2.05) is 30.3 Å². The molecule has 5 rings (SSSR count). The number of fused-ring (bicyclic) bond motifs is 1. The molecule has 0 aliphatic carbocycles. The number of benzene rings is 2. The molecule has 1 N–H and O–H groups in total. The molecule has 2 aromatic carbocycles. The lowest BCUT2D eigenvalue weighted by molar-refractivity contribution is -0.128. The third-order valence-corrected chi connectivity index (χ3v) is 6.69. The highest BCUT2D eigenvalue weighted by Gasteiger charge is 2.34. The maximum Gasteiger partial charge on any atom is 0.229 e. The number of carbonyl (C=O) groups is 2. The van der Waals surface area contributed by atoms with Crippen molar-refractivity contribution in [1.82, 2.24) is 19.7 Å². The highest BCUT2D eigenvalue weighted by atomic mass is 19.1. The summed E-state index contributed by atoms with van der Waals surface area (Å²) in [5.74, 6) is 0.231. The quantitative estimate of drug-likeness (QED) is 0.605. The Hall–Kier alpha value is -3.55. The number of carbonyl (C=O) groups excluding carboxylic acids is 2. The van der Waals surface area contributed by atoms with Gasteiger partial charge >= 0.3 is 0 Å². The Morgan fingerprint density at radius 3 is 2.79 bits per heavy atom. The lowest BCUT2D eigenvalue weighted by Gasteiger charge is -2.17. The zero-order chi connectivity index (χ0) is 23.5. The second kappa shape index (κ2) is 9.75. The van der Waals surface area contributed by atoms with E-state index in [0.29, 0.717) is 24.5 Å². The number of halogens is 1. The molecule has 0 bridgehead atoms. The van der Waals surface area contributed by atoms with Gasteiger partial charge in [-0.3, -0.25) is 9.59 Å². The predicted octanol–water partition coefficient (Wildman–Crippen LogP) is 3.84. The standard InChI is InChI=1S/C26H28FN5O2/c27-21-11-10-19(25-30-29-23-9-5-2-6-13-32(23)25)15-22(21)28-26(34)20-16-24(33)31(17-20)14-12-18-7-3-1-4-8-18/h1,3-4,7-8,10-11,15,20H,2,5-6,9,12-14,16-17H2,(H,28,34). The number of aromatic nitrogens is 3. The average Bonchev–Trinajstić information content (AvgIpc) is 3.34. The number of aryl methyl sites for hydroxylation is 1. The van der Waals surface area contributed by atoms with E-state index in [9.17, 15) is 14.0 Å². The molecule has 8 heteroatoms. The first-order valence-corrected chi connectivity index (χ1v) is 11.9. The number of likely N-dealkylation sites (tertiary alicyclic amines) is 1. The van der Waals surface area contributed by atoms with Crippen LogP contribution in [-0.2, 0) is 29.0 Å². The summed E-state index contributed by atoms with van der Waals surface area (Å²) in [7, 11) is 0. The van der Waals surface area contributed by atoms with E-state index in [1.165, 1.54) is 6.07 Å². The summed E-state index contributed by atoms with van der Waals surface area (Å²) in [6.07, 6.45) is 5.05. The van der Waals surface area contributed by atoms with E-state index in [4.69, 9.17) is 0 Å². The van der Waals surface area contributed by atoms with Crippen molar-refractivity contribution in [1.29, 1.82) is 0 Å². The zero-order valence-electron chi connectivity index (χ0n) is 19.0. The van der Waals surface area contributed by atoms with Crippen molar-refractivity contribution in [2.24, 2.45) is 5.92 Å². The van der Waals surface area contributed by atoms with E-state index >= 15 is 0 Å². The van der Waals surface area contributed by atoms with Gasteiger partial charge in [0.1, 0.15) is 11.6 Å². The van der Waals surface area contributed by atoms with Crippen molar-refractivity contribution < 1.29 is 14.0 Å². The fraction of sp³-hybridized carbons (Fsp3) is 0.385. The summed E-state index contributed by atoms with van der Waals surface area (Å²) < 4.78 is 16.7. The number of amides is 2. The molecule has 3 aromatic rings. The molecular weight excluding hydrogens is 433 g/mol. The summed E-state index contributed by atoms with van der Waals surface area (Å²) in [6, 6.07) is 14.6. The predicted molar refractivity (Wildman–Crippen MR) is 126 cm³/mol. The minimum atomic E-state index is -0.516. The van der Waals surface area contributed by atoms with Crippen molar-refractivity contribution in [3.8, 4) is 11.4 Å². The summed E-state index contributed by atoms with van der Waals surface area (Å²) in [6.45, 7) is 1.74. The molecule has 2 amide bonds. The van der Waals surface area contributed by atoms with Crippen LogP contribution in [0.1, 0.15) is 37.1 Å². The molecule has 0 saturated carbocycles. The molecule has 1 atom stereocenters. The smallest absolute Gasteiger partial charge is 0.229 e. The monoisotopic (exact) mass is 461 g/mol. The van der Waals surface area contributed by atoms with Gasteiger partial charge in [0.25, 0.3) is 0 Å². The van der Waals surface area contributed by atoms with Crippen molar-refractivity contribution in [2.45, 2.75) is 45.1 Å². The molecule has 7 nitrogen and oxygen atoms in total. The Morgan fingerprint density at radius 1 is 1.09 bits per heavy atom. The number of rotatable bonds is 6. The van der Waals surface area contributed by atoms with Crippen LogP contribution in [0.2, 0.25) is 0 Å².